The third-order valence-electron chi connectivity index (χ3n) is 6.38. The van der Waals surface area contributed by atoms with Crippen molar-refractivity contribution in [2.45, 2.75) is 49.8 Å². The van der Waals surface area contributed by atoms with E-state index in [0.717, 1.165) is 44.9 Å². The fourth-order valence-corrected chi connectivity index (χ4v) is 5.92. The molecule has 0 saturated carbocycles. The highest BCUT2D eigenvalue weighted by Crippen LogP contribution is 2.23. The molecular weight excluding hydrogens is 410 g/mol. The summed E-state index contributed by atoms with van der Waals surface area (Å²) >= 11 is 0. The molecule has 0 atom stereocenters. The van der Waals surface area contributed by atoms with E-state index < -0.39 is 10.0 Å². The van der Waals surface area contributed by atoms with Crippen molar-refractivity contribution < 1.29 is 8.42 Å². The lowest BCUT2D eigenvalue weighted by Gasteiger charge is -2.31. The van der Waals surface area contributed by atoms with Crippen molar-refractivity contribution in [3.05, 3.63) is 30.3 Å². The monoisotopic (exact) mass is 449 g/mol. The van der Waals surface area contributed by atoms with E-state index in [1.54, 1.807) is 35.6 Å². The average molecular weight is 450 g/mol. The Kier molecular flexibility index (Phi) is 9.61. The number of likely N-dealkylation sites (tertiary alicyclic amines) is 1. The molecular formula is C23H39N5O2S. The molecule has 0 amide bonds. The highest BCUT2D eigenvalue weighted by atomic mass is 32.2. The molecule has 2 aliphatic heterocycles. The summed E-state index contributed by atoms with van der Waals surface area (Å²) < 4.78 is 27.1. The maximum atomic E-state index is 12.8. The fraction of sp³-hybridized carbons (Fsp3) is 0.696. The van der Waals surface area contributed by atoms with Crippen LogP contribution in [0.3, 0.4) is 0 Å². The first-order valence-electron chi connectivity index (χ1n) is 11.8. The van der Waals surface area contributed by atoms with Crippen molar-refractivity contribution in [2.24, 2.45) is 10.9 Å². The smallest absolute Gasteiger partial charge is 0.243 e. The lowest BCUT2D eigenvalue weighted by Crippen LogP contribution is -2.44. The van der Waals surface area contributed by atoms with Crippen LogP contribution in [0.1, 0.15) is 44.9 Å². The molecule has 2 N–H and O–H groups in total. The molecule has 7 nitrogen and oxygen atoms in total. The number of benzene rings is 1. The zero-order valence-electron chi connectivity index (χ0n) is 18.9. The molecule has 31 heavy (non-hydrogen) atoms. The SMILES string of the molecule is CN=C(NCCCN1CCCCCC1)NCC1CCN(S(=O)(=O)c2ccccc2)CC1. The molecule has 0 aliphatic carbocycles. The summed E-state index contributed by atoms with van der Waals surface area (Å²) in [6, 6.07) is 8.73. The zero-order valence-corrected chi connectivity index (χ0v) is 19.7. The number of piperidine rings is 1. The van der Waals surface area contributed by atoms with Gasteiger partial charge in [-0.1, -0.05) is 31.0 Å². The minimum absolute atomic E-state index is 0.386. The third kappa shape index (κ3) is 7.47. The summed E-state index contributed by atoms with van der Waals surface area (Å²) in [5, 5.41) is 6.85. The summed E-state index contributed by atoms with van der Waals surface area (Å²) in [4.78, 5) is 7.31. The zero-order chi connectivity index (χ0) is 21.9. The third-order valence-corrected chi connectivity index (χ3v) is 8.29. The van der Waals surface area contributed by atoms with Gasteiger partial charge in [0.25, 0.3) is 0 Å². The minimum Gasteiger partial charge on any atom is -0.356 e. The predicted molar refractivity (Wildman–Crippen MR) is 127 cm³/mol. The summed E-state index contributed by atoms with van der Waals surface area (Å²) in [7, 11) is -1.57. The summed E-state index contributed by atoms with van der Waals surface area (Å²) in [5.74, 6) is 1.30. The van der Waals surface area contributed by atoms with Gasteiger partial charge in [-0.15, -0.1) is 0 Å². The standard InChI is InChI=1S/C23H39N5O2S/c1-24-23(25-14-9-17-27-15-7-2-3-8-16-27)26-20-21-12-18-28(19-13-21)31(29,30)22-10-5-4-6-11-22/h4-6,10-11,21H,2-3,7-9,12-20H2,1H3,(H2,24,25,26). The largest absolute Gasteiger partial charge is 0.356 e. The molecule has 2 saturated heterocycles. The summed E-state index contributed by atoms with van der Waals surface area (Å²) in [6.07, 6.45) is 8.28. The topological polar surface area (TPSA) is 77.0 Å². The molecule has 2 aliphatic rings. The van der Waals surface area contributed by atoms with Gasteiger partial charge in [0.15, 0.2) is 5.96 Å². The van der Waals surface area contributed by atoms with E-state index in [1.807, 2.05) is 6.07 Å². The van der Waals surface area contributed by atoms with Gasteiger partial charge >= 0.3 is 0 Å². The Balaban J connectivity index is 1.33. The molecule has 0 spiro atoms. The number of rotatable bonds is 8. The lowest BCUT2D eigenvalue weighted by molar-refractivity contribution is 0.273. The summed E-state index contributed by atoms with van der Waals surface area (Å²) in [5.41, 5.74) is 0. The number of guanidine groups is 1. The average Bonchev–Trinajstić information content (AvgIpc) is 3.08. The van der Waals surface area contributed by atoms with Gasteiger partial charge < -0.3 is 15.5 Å². The van der Waals surface area contributed by atoms with Crippen molar-refractivity contribution >= 4 is 16.0 Å². The number of nitrogens with one attached hydrogen (secondary N) is 2. The maximum absolute atomic E-state index is 12.8. The molecule has 0 aromatic heterocycles. The number of hydrogen-bond acceptors (Lipinski definition) is 4. The number of aliphatic imine (C=N–C) groups is 1. The lowest BCUT2D eigenvalue weighted by atomic mass is 9.98. The first-order valence-corrected chi connectivity index (χ1v) is 13.3. The van der Waals surface area contributed by atoms with Crippen LogP contribution >= 0.6 is 0 Å². The Morgan fingerprint density at radius 1 is 1.00 bits per heavy atom. The molecule has 2 fully saturated rings. The van der Waals surface area contributed by atoms with Crippen LogP contribution in [0.4, 0.5) is 0 Å². The minimum atomic E-state index is -3.38. The van der Waals surface area contributed by atoms with Crippen LogP contribution in [-0.2, 0) is 10.0 Å². The van der Waals surface area contributed by atoms with Gasteiger partial charge in [0.05, 0.1) is 4.90 Å². The second-order valence-electron chi connectivity index (χ2n) is 8.65. The van der Waals surface area contributed by atoms with E-state index in [4.69, 9.17) is 0 Å². The Labute approximate surface area is 188 Å². The van der Waals surface area contributed by atoms with Crippen molar-refractivity contribution in [3.8, 4) is 0 Å². The van der Waals surface area contributed by atoms with Crippen molar-refractivity contribution in [2.75, 3.05) is 52.9 Å². The quantitative estimate of drug-likeness (QED) is 0.362. The van der Waals surface area contributed by atoms with Gasteiger partial charge in [-0.3, -0.25) is 4.99 Å². The molecule has 1 aromatic carbocycles. The van der Waals surface area contributed by atoms with Gasteiger partial charge in [-0.2, -0.15) is 4.31 Å². The van der Waals surface area contributed by atoms with Crippen molar-refractivity contribution in [1.82, 2.24) is 19.8 Å². The second-order valence-corrected chi connectivity index (χ2v) is 10.6. The normalized spacial score (nSPS) is 20.4. The van der Waals surface area contributed by atoms with Crippen LogP contribution in [-0.4, -0.2) is 76.4 Å². The van der Waals surface area contributed by atoms with Crippen LogP contribution in [0.25, 0.3) is 0 Å². The van der Waals surface area contributed by atoms with Crippen LogP contribution in [0.2, 0.25) is 0 Å². The molecule has 0 bridgehead atoms. The van der Waals surface area contributed by atoms with Crippen LogP contribution in [0, 0.1) is 5.92 Å². The highest BCUT2D eigenvalue weighted by molar-refractivity contribution is 7.89. The van der Waals surface area contributed by atoms with E-state index in [0.29, 0.717) is 23.9 Å². The number of nitrogens with zero attached hydrogens (tertiary/aromatic N) is 3. The Morgan fingerprint density at radius 3 is 2.32 bits per heavy atom. The molecule has 174 valence electrons. The molecule has 3 rings (SSSR count). The van der Waals surface area contributed by atoms with E-state index in [9.17, 15) is 8.42 Å². The Bertz CT molecular complexity index is 768. The highest BCUT2D eigenvalue weighted by Gasteiger charge is 2.29. The van der Waals surface area contributed by atoms with Crippen LogP contribution in [0.5, 0.6) is 0 Å². The fourth-order valence-electron chi connectivity index (χ4n) is 4.43. The van der Waals surface area contributed by atoms with E-state index >= 15 is 0 Å². The van der Waals surface area contributed by atoms with Crippen molar-refractivity contribution in [3.63, 3.8) is 0 Å². The molecule has 0 unspecified atom stereocenters. The predicted octanol–water partition coefficient (Wildman–Crippen LogP) is 2.52. The first kappa shape index (κ1) is 24.0. The summed E-state index contributed by atoms with van der Waals surface area (Å²) in [6.45, 7) is 6.53. The van der Waals surface area contributed by atoms with Gasteiger partial charge in [0, 0.05) is 33.2 Å². The van der Waals surface area contributed by atoms with E-state index in [2.05, 4.69) is 20.5 Å². The maximum Gasteiger partial charge on any atom is 0.243 e. The van der Waals surface area contributed by atoms with Gasteiger partial charge in [0.2, 0.25) is 10.0 Å². The number of sulfonamides is 1. The first-order chi connectivity index (χ1) is 15.1. The van der Waals surface area contributed by atoms with Crippen LogP contribution < -0.4 is 10.6 Å². The molecule has 0 radical (unpaired) electrons. The Morgan fingerprint density at radius 2 is 1.68 bits per heavy atom. The second kappa shape index (κ2) is 12.4. The van der Waals surface area contributed by atoms with Crippen LogP contribution in [0.15, 0.2) is 40.2 Å². The van der Waals surface area contributed by atoms with Gasteiger partial charge in [-0.05, 0) is 69.8 Å². The number of hydrogen-bond donors (Lipinski definition) is 2. The van der Waals surface area contributed by atoms with E-state index in [1.165, 1.54) is 38.8 Å². The molecule has 8 heteroatoms. The van der Waals surface area contributed by atoms with E-state index in [-0.39, 0.29) is 0 Å². The van der Waals surface area contributed by atoms with Gasteiger partial charge in [-0.25, -0.2) is 8.42 Å². The van der Waals surface area contributed by atoms with Gasteiger partial charge in [0.1, 0.15) is 0 Å². The van der Waals surface area contributed by atoms with Crippen molar-refractivity contribution in [1.29, 1.82) is 0 Å². The molecule has 2 heterocycles. The molecule has 1 aromatic rings. The Hall–Kier alpha value is -1.64.